The van der Waals surface area contributed by atoms with Crippen LogP contribution in [0.5, 0.6) is 0 Å². The van der Waals surface area contributed by atoms with E-state index < -0.39 is 0 Å². The Morgan fingerprint density at radius 3 is 0.988 bits per heavy atom. The van der Waals surface area contributed by atoms with Crippen molar-refractivity contribution < 1.29 is 17.7 Å². The number of hydrogen-bond acceptors (Lipinski definition) is 6. The van der Waals surface area contributed by atoms with Crippen LogP contribution in [0.2, 0.25) is 0 Å². The molecule has 8 aliphatic carbocycles. The molecule has 23 rings (SSSR count). The van der Waals surface area contributed by atoms with Crippen molar-refractivity contribution in [1.29, 1.82) is 10.5 Å². The molecule has 7 heteroatoms. The minimum atomic E-state index is 0.317. The number of rotatable bonds is 2. The third kappa shape index (κ3) is 5.19. The molecule has 6 aromatic heterocycles. The Hall–Kier alpha value is -9.04. The molecule has 15 aromatic rings. The summed E-state index contributed by atoms with van der Waals surface area (Å²) >= 11 is 0. The van der Waals surface area contributed by atoms with E-state index in [1.165, 1.54) is 56.6 Å². The zero-order valence-electron chi connectivity index (χ0n) is 44.3. The predicted octanol–water partition coefficient (Wildman–Crippen LogP) is 20.3. The van der Waals surface area contributed by atoms with Crippen LogP contribution in [0.25, 0.3) is 148 Å². The van der Waals surface area contributed by atoms with Gasteiger partial charge in [-0.15, -0.1) is 0 Å². The lowest BCUT2D eigenvalue weighted by atomic mass is 9.67. The van der Waals surface area contributed by atoms with Gasteiger partial charge in [0, 0.05) is 87.9 Å². The second-order valence-corrected chi connectivity index (χ2v) is 25.9. The molecule has 0 saturated heterocycles. The molecule has 8 bridgehead atoms. The fourth-order valence-electron chi connectivity index (χ4n) is 19.7. The van der Waals surface area contributed by atoms with Crippen LogP contribution in [0.15, 0.2) is 145 Å². The molecule has 0 spiro atoms. The molecule has 0 radical (unpaired) electrons. The summed E-state index contributed by atoms with van der Waals surface area (Å²) in [6.45, 7) is 0. The van der Waals surface area contributed by atoms with E-state index in [0.29, 0.717) is 47.3 Å². The summed E-state index contributed by atoms with van der Waals surface area (Å²) in [4.78, 5) is 0. The second kappa shape index (κ2) is 14.7. The van der Waals surface area contributed by atoms with Gasteiger partial charge in [-0.2, -0.15) is 10.5 Å². The molecule has 384 valence electrons. The lowest BCUT2D eigenvalue weighted by molar-refractivity contribution is 0.166. The Kier molecular flexibility index (Phi) is 7.75. The number of hydrogen-bond donors (Lipinski definition) is 0. The Morgan fingerprint density at radius 1 is 0.333 bits per heavy atom. The Balaban J connectivity index is 1.09. The summed E-state index contributed by atoms with van der Waals surface area (Å²) in [6, 6.07) is 51.4. The van der Waals surface area contributed by atoms with Crippen LogP contribution in [0.1, 0.15) is 121 Å². The minimum absolute atomic E-state index is 0.317. The number of aromatic nitrogens is 1. The van der Waals surface area contributed by atoms with E-state index in [9.17, 15) is 10.5 Å². The highest BCUT2D eigenvalue weighted by molar-refractivity contribution is 6.38. The van der Waals surface area contributed by atoms with Crippen LogP contribution in [0.3, 0.4) is 0 Å². The minimum Gasteiger partial charge on any atom is -0.456 e. The molecule has 4 fully saturated rings. The number of fused-ring (bicyclic) bond motifs is 18. The van der Waals surface area contributed by atoms with E-state index in [0.717, 1.165) is 189 Å². The molecular formula is C74H49N3O4. The number of furan rings is 4. The molecule has 4 saturated carbocycles. The SMILES string of the molecule is N#Cc1cc2c(c3c1C1CC4CC(C1)CC3C4)c1c(-c3c4c(cc5oc6ccccc6c35)oc3ccccc34)cc(-c3c4c(cc5oc6ccccc6c35)oc3ccccc34)c3c4c5c(c(C#N)cc4n2c13)C1CC2CC(C1)CC5C2. The van der Waals surface area contributed by atoms with Crippen LogP contribution < -0.4 is 0 Å². The van der Waals surface area contributed by atoms with Gasteiger partial charge in [0.25, 0.3) is 0 Å². The molecule has 7 nitrogen and oxygen atoms in total. The molecule has 4 unspecified atom stereocenters. The van der Waals surface area contributed by atoms with Crippen molar-refractivity contribution in [3.05, 3.63) is 161 Å². The number of para-hydroxylation sites is 4. The quantitative estimate of drug-likeness (QED) is 0.171. The molecule has 6 heterocycles. The number of benzene rings is 9. The second-order valence-electron chi connectivity index (χ2n) is 25.9. The molecule has 0 N–H and O–H groups in total. The van der Waals surface area contributed by atoms with Crippen molar-refractivity contribution >= 4 is 126 Å². The predicted molar refractivity (Wildman–Crippen MR) is 322 cm³/mol. The van der Waals surface area contributed by atoms with Crippen molar-refractivity contribution in [3.8, 4) is 34.4 Å². The van der Waals surface area contributed by atoms with Crippen molar-refractivity contribution in [1.82, 2.24) is 4.40 Å². The van der Waals surface area contributed by atoms with Crippen molar-refractivity contribution in [2.45, 2.75) is 87.9 Å². The number of nitrogens with zero attached hydrogens (tertiary/aromatic N) is 3. The van der Waals surface area contributed by atoms with Gasteiger partial charge >= 0.3 is 0 Å². The van der Waals surface area contributed by atoms with Gasteiger partial charge in [-0.25, -0.2) is 0 Å². The molecule has 4 atom stereocenters. The van der Waals surface area contributed by atoms with E-state index in [2.05, 4.69) is 144 Å². The summed E-state index contributed by atoms with van der Waals surface area (Å²) in [6.07, 6.45) is 11.7. The van der Waals surface area contributed by atoms with Gasteiger partial charge in [0.2, 0.25) is 0 Å². The molecule has 0 aliphatic heterocycles. The van der Waals surface area contributed by atoms with Gasteiger partial charge in [0.15, 0.2) is 0 Å². The van der Waals surface area contributed by atoms with Crippen molar-refractivity contribution in [2.75, 3.05) is 0 Å². The molecule has 9 aromatic carbocycles. The smallest absolute Gasteiger partial charge is 0.139 e. The summed E-state index contributed by atoms with van der Waals surface area (Å²) in [7, 11) is 0. The monoisotopic (exact) mass is 1040 g/mol. The molecule has 8 aliphatic rings. The summed E-state index contributed by atoms with van der Waals surface area (Å²) < 4.78 is 30.7. The van der Waals surface area contributed by atoms with Crippen LogP contribution in [0.4, 0.5) is 0 Å². The van der Waals surface area contributed by atoms with Gasteiger partial charge < -0.3 is 22.1 Å². The Morgan fingerprint density at radius 2 is 0.654 bits per heavy atom. The van der Waals surface area contributed by atoms with Crippen LogP contribution >= 0.6 is 0 Å². The average Bonchev–Trinajstić information content (AvgIpc) is 1.89. The van der Waals surface area contributed by atoms with Gasteiger partial charge in [0.1, 0.15) is 44.7 Å². The van der Waals surface area contributed by atoms with E-state index in [-0.39, 0.29) is 0 Å². The zero-order chi connectivity index (χ0) is 52.4. The first-order chi connectivity index (χ1) is 40.0. The van der Waals surface area contributed by atoms with E-state index >= 15 is 0 Å². The Labute approximate surface area is 462 Å². The van der Waals surface area contributed by atoms with Gasteiger partial charge in [-0.05, 0) is 187 Å². The largest absolute Gasteiger partial charge is 0.456 e. The normalized spacial score (nSPS) is 23.8. The van der Waals surface area contributed by atoms with Gasteiger partial charge in [-0.3, -0.25) is 0 Å². The highest BCUT2D eigenvalue weighted by Gasteiger charge is 2.48. The fraction of sp³-hybridized carbons (Fsp3) is 0.243. The third-order valence-electron chi connectivity index (χ3n) is 22.0. The maximum atomic E-state index is 11.7. The number of nitriles is 2. The highest BCUT2D eigenvalue weighted by atomic mass is 16.3. The molecular weight excluding hydrogens is 995 g/mol. The third-order valence-corrected chi connectivity index (χ3v) is 22.0. The first kappa shape index (κ1) is 42.8. The Bertz CT molecular complexity index is 5000. The van der Waals surface area contributed by atoms with Crippen molar-refractivity contribution in [2.24, 2.45) is 23.7 Å². The zero-order valence-corrected chi connectivity index (χ0v) is 44.3. The average molecular weight is 1040 g/mol. The fourth-order valence-corrected chi connectivity index (χ4v) is 19.7. The standard InChI is InChI=1S/C74H49N3O4/c75-32-42-27-50-72(62-40-23-34-17-35(24-40)20-38(19-34)60(42)62)70-48(68-64-44-9-1-5-13-52(44)78-56(64)30-57-65(68)45-10-2-6-14-53(45)79-57)29-49(69-66-46-11-3-7-15-54(46)80-58(66)31-59-67(69)47-12-4-8-16-55(47)81-59)71-73-51(77(50)74(70)71)28-43(33-76)61-39-21-36-18-37(22-39)26-41(25-36)63(61)73/h1-16,27-31,34-41H,17-26H2. The molecule has 0 amide bonds. The van der Waals surface area contributed by atoms with Crippen LogP contribution in [0, 0.1) is 46.3 Å². The van der Waals surface area contributed by atoms with Gasteiger partial charge in [0.05, 0.1) is 39.8 Å². The summed E-state index contributed by atoms with van der Waals surface area (Å²) in [5.74, 6) is 3.87. The van der Waals surface area contributed by atoms with Gasteiger partial charge in [-0.1, -0.05) is 72.8 Å². The maximum absolute atomic E-state index is 11.7. The lowest BCUT2D eigenvalue weighted by Crippen LogP contribution is -2.25. The molecule has 81 heavy (non-hydrogen) atoms. The topological polar surface area (TPSA) is 105 Å². The maximum Gasteiger partial charge on any atom is 0.139 e. The van der Waals surface area contributed by atoms with E-state index in [1.807, 2.05) is 0 Å². The van der Waals surface area contributed by atoms with Crippen LogP contribution in [-0.2, 0) is 0 Å². The van der Waals surface area contributed by atoms with Crippen LogP contribution in [-0.4, -0.2) is 4.40 Å². The van der Waals surface area contributed by atoms with Crippen molar-refractivity contribution in [3.63, 3.8) is 0 Å². The summed E-state index contributed by atoms with van der Waals surface area (Å²) in [5.41, 5.74) is 21.2. The lowest BCUT2D eigenvalue weighted by Gasteiger charge is -2.38. The first-order valence-electron chi connectivity index (χ1n) is 29.8. The highest BCUT2D eigenvalue weighted by Crippen LogP contribution is 2.65. The van der Waals surface area contributed by atoms with E-state index in [1.54, 1.807) is 0 Å². The first-order valence-corrected chi connectivity index (χ1v) is 29.8. The summed E-state index contributed by atoms with van der Waals surface area (Å²) in [5, 5.41) is 36.8. The van der Waals surface area contributed by atoms with E-state index in [4.69, 9.17) is 17.7 Å².